The highest BCUT2D eigenvalue weighted by Gasteiger charge is 2.29. The lowest BCUT2D eigenvalue weighted by Crippen LogP contribution is -2.45. The summed E-state index contributed by atoms with van der Waals surface area (Å²) in [5, 5.41) is 0. The molecule has 0 radical (unpaired) electrons. The van der Waals surface area contributed by atoms with Crippen LogP contribution in [0.15, 0.2) is 0 Å². The van der Waals surface area contributed by atoms with Gasteiger partial charge in [-0.15, -0.1) is 0 Å². The molecule has 1 saturated carbocycles. The number of carbonyl (C=O) groups is 1. The number of hydrogen-bond acceptors (Lipinski definition) is 3. The van der Waals surface area contributed by atoms with Gasteiger partial charge in [0.05, 0.1) is 12.7 Å². The Labute approximate surface area is 147 Å². The topological polar surface area (TPSA) is 32.8 Å². The van der Waals surface area contributed by atoms with Crippen molar-refractivity contribution in [3.8, 4) is 0 Å². The third kappa shape index (κ3) is 5.45. The van der Waals surface area contributed by atoms with E-state index in [1.165, 1.54) is 57.8 Å². The predicted octanol–water partition coefficient (Wildman–Crippen LogP) is 3.45. The number of ether oxygens (including phenoxy) is 1. The van der Waals surface area contributed by atoms with Gasteiger partial charge in [-0.1, -0.05) is 25.7 Å². The summed E-state index contributed by atoms with van der Waals surface area (Å²) in [5.74, 6) is 0.714. The van der Waals surface area contributed by atoms with Crippen molar-refractivity contribution in [2.24, 2.45) is 5.92 Å². The lowest BCUT2D eigenvalue weighted by Gasteiger charge is -2.35. The van der Waals surface area contributed by atoms with E-state index in [0.717, 1.165) is 52.2 Å². The fraction of sp³-hybridized carbons (Fsp3) is 0.950. The third-order valence-electron chi connectivity index (χ3n) is 6.17. The highest BCUT2D eigenvalue weighted by Crippen LogP contribution is 2.22. The number of carbonyl (C=O) groups excluding carboxylic acids is 1. The average Bonchev–Trinajstić information content (AvgIpc) is 2.91. The first-order chi connectivity index (χ1) is 11.8. The summed E-state index contributed by atoms with van der Waals surface area (Å²) in [6.07, 6.45) is 14.2. The van der Waals surface area contributed by atoms with Crippen LogP contribution in [-0.2, 0) is 9.53 Å². The van der Waals surface area contributed by atoms with Crippen LogP contribution in [0.4, 0.5) is 0 Å². The largest absolute Gasteiger partial charge is 0.377 e. The zero-order valence-corrected chi connectivity index (χ0v) is 15.4. The second kappa shape index (κ2) is 9.76. The Bertz CT molecular complexity index is 366. The number of likely N-dealkylation sites (tertiary alicyclic amines) is 2. The predicted molar refractivity (Wildman–Crippen MR) is 97.0 cm³/mol. The lowest BCUT2D eigenvalue weighted by molar-refractivity contribution is -0.138. The summed E-state index contributed by atoms with van der Waals surface area (Å²) in [6.45, 7) is 6.04. The van der Waals surface area contributed by atoms with E-state index in [1.807, 2.05) is 0 Å². The van der Waals surface area contributed by atoms with Gasteiger partial charge in [0.1, 0.15) is 0 Å². The molecule has 0 aromatic carbocycles. The first-order valence-corrected chi connectivity index (χ1v) is 10.5. The first-order valence-electron chi connectivity index (χ1n) is 10.5. The molecule has 1 amide bonds. The molecule has 2 saturated heterocycles. The van der Waals surface area contributed by atoms with Crippen molar-refractivity contribution in [1.82, 2.24) is 9.80 Å². The van der Waals surface area contributed by atoms with Crippen LogP contribution in [-0.4, -0.2) is 61.1 Å². The van der Waals surface area contributed by atoms with Crippen molar-refractivity contribution in [2.75, 3.05) is 39.3 Å². The smallest absolute Gasteiger partial charge is 0.225 e. The van der Waals surface area contributed by atoms with E-state index < -0.39 is 0 Å². The molecule has 3 fully saturated rings. The number of piperidine rings is 2. The molecule has 138 valence electrons. The van der Waals surface area contributed by atoms with Crippen LogP contribution in [0.3, 0.4) is 0 Å². The second-order valence-corrected chi connectivity index (χ2v) is 7.99. The SMILES string of the molecule is O=C(C1CCN(CCOC2CCCCCC2)CC1)N1CCCCC1. The molecule has 24 heavy (non-hydrogen) atoms. The quantitative estimate of drug-likeness (QED) is 0.721. The van der Waals surface area contributed by atoms with E-state index in [1.54, 1.807) is 0 Å². The zero-order valence-electron chi connectivity index (χ0n) is 15.4. The molecule has 4 nitrogen and oxygen atoms in total. The molecular formula is C20H36N2O2. The van der Waals surface area contributed by atoms with E-state index in [9.17, 15) is 4.79 Å². The maximum atomic E-state index is 12.6. The molecule has 2 heterocycles. The molecule has 4 heteroatoms. The molecule has 0 atom stereocenters. The van der Waals surface area contributed by atoms with Crippen molar-refractivity contribution in [3.05, 3.63) is 0 Å². The van der Waals surface area contributed by atoms with Gasteiger partial charge < -0.3 is 14.5 Å². The average molecular weight is 337 g/mol. The van der Waals surface area contributed by atoms with Gasteiger partial charge in [-0.3, -0.25) is 4.79 Å². The highest BCUT2D eigenvalue weighted by molar-refractivity contribution is 5.79. The number of rotatable bonds is 5. The zero-order chi connectivity index (χ0) is 16.6. The summed E-state index contributed by atoms with van der Waals surface area (Å²) in [6, 6.07) is 0. The van der Waals surface area contributed by atoms with Gasteiger partial charge in [-0.2, -0.15) is 0 Å². The molecule has 3 aliphatic rings. The third-order valence-corrected chi connectivity index (χ3v) is 6.17. The van der Waals surface area contributed by atoms with Crippen LogP contribution in [0, 0.1) is 5.92 Å². The molecule has 2 aliphatic heterocycles. The normalized spacial score (nSPS) is 25.6. The fourth-order valence-electron chi connectivity index (χ4n) is 4.53. The Morgan fingerprint density at radius 3 is 2.08 bits per heavy atom. The number of hydrogen-bond donors (Lipinski definition) is 0. The number of nitrogens with zero attached hydrogens (tertiary/aromatic N) is 2. The van der Waals surface area contributed by atoms with Gasteiger partial charge in [-0.25, -0.2) is 0 Å². The van der Waals surface area contributed by atoms with Gasteiger partial charge in [0.2, 0.25) is 5.91 Å². The van der Waals surface area contributed by atoms with Gasteiger partial charge in [0, 0.05) is 25.6 Å². The van der Waals surface area contributed by atoms with Gasteiger partial charge in [-0.05, 0) is 58.0 Å². The maximum absolute atomic E-state index is 12.6. The molecular weight excluding hydrogens is 300 g/mol. The highest BCUT2D eigenvalue weighted by atomic mass is 16.5. The van der Waals surface area contributed by atoms with Crippen LogP contribution in [0.5, 0.6) is 0 Å². The van der Waals surface area contributed by atoms with Crippen molar-refractivity contribution >= 4 is 5.91 Å². The van der Waals surface area contributed by atoms with Crippen LogP contribution in [0.1, 0.15) is 70.6 Å². The van der Waals surface area contributed by atoms with Crippen LogP contribution >= 0.6 is 0 Å². The minimum Gasteiger partial charge on any atom is -0.377 e. The van der Waals surface area contributed by atoms with E-state index in [2.05, 4.69) is 9.80 Å². The molecule has 3 rings (SSSR count). The molecule has 1 aliphatic carbocycles. The molecule has 0 aromatic heterocycles. The Hall–Kier alpha value is -0.610. The van der Waals surface area contributed by atoms with Crippen LogP contribution in [0.25, 0.3) is 0 Å². The van der Waals surface area contributed by atoms with Gasteiger partial charge >= 0.3 is 0 Å². The summed E-state index contributed by atoms with van der Waals surface area (Å²) in [5.41, 5.74) is 0. The van der Waals surface area contributed by atoms with E-state index in [0.29, 0.717) is 12.0 Å². The first kappa shape index (κ1) is 18.2. The van der Waals surface area contributed by atoms with Gasteiger partial charge in [0.25, 0.3) is 0 Å². The molecule has 0 N–H and O–H groups in total. The van der Waals surface area contributed by atoms with E-state index in [4.69, 9.17) is 4.74 Å². The standard InChI is InChI=1S/C20H36N2O2/c23-20(22-12-6-3-7-13-22)18-10-14-21(15-11-18)16-17-24-19-8-4-1-2-5-9-19/h18-19H,1-17H2. The van der Waals surface area contributed by atoms with Crippen molar-refractivity contribution in [3.63, 3.8) is 0 Å². The van der Waals surface area contributed by atoms with Crippen LogP contribution < -0.4 is 0 Å². The van der Waals surface area contributed by atoms with E-state index in [-0.39, 0.29) is 5.92 Å². The Kier molecular flexibility index (Phi) is 7.40. The molecule has 0 bridgehead atoms. The fourth-order valence-corrected chi connectivity index (χ4v) is 4.53. The van der Waals surface area contributed by atoms with Crippen molar-refractivity contribution < 1.29 is 9.53 Å². The minimum absolute atomic E-state index is 0.280. The number of amides is 1. The molecule has 0 spiro atoms. The monoisotopic (exact) mass is 336 g/mol. The van der Waals surface area contributed by atoms with Crippen LogP contribution in [0.2, 0.25) is 0 Å². The Balaban J connectivity index is 1.31. The summed E-state index contributed by atoms with van der Waals surface area (Å²) in [4.78, 5) is 17.2. The summed E-state index contributed by atoms with van der Waals surface area (Å²) in [7, 11) is 0. The molecule has 0 aromatic rings. The van der Waals surface area contributed by atoms with Gasteiger partial charge in [0.15, 0.2) is 0 Å². The molecule has 0 unspecified atom stereocenters. The summed E-state index contributed by atoms with van der Waals surface area (Å²) >= 11 is 0. The Morgan fingerprint density at radius 1 is 0.792 bits per heavy atom. The Morgan fingerprint density at radius 2 is 1.42 bits per heavy atom. The van der Waals surface area contributed by atoms with Crippen molar-refractivity contribution in [1.29, 1.82) is 0 Å². The minimum atomic E-state index is 0.280. The second-order valence-electron chi connectivity index (χ2n) is 7.99. The maximum Gasteiger partial charge on any atom is 0.225 e. The lowest BCUT2D eigenvalue weighted by atomic mass is 9.94. The van der Waals surface area contributed by atoms with Crippen molar-refractivity contribution in [2.45, 2.75) is 76.7 Å². The summed E-state index contributed by atoms with van der Waals surface area (Å²) < 4.78 is 6.12. The van der Waals surface area contributed by atoms with E-state index >= 15 is 0 Å².